The lowest BCUT2D eigenvalue weighted by Crippen LogP contribution is -2.27. The Balaban J connectivity index is 1.08. The number of ether oxygens (including phenoxy) is 1. The molecule has 4 aromatic rings. The summed E-state index contributed by atoms with van der Waals surface area (Å²) in [4.78, 5) is 19.9. The smallest absolute Gasteiger partial charge is 0.410 e. The van der Waals surface area contributed by atoms with Crippen LogP contribution in [0.2, 0.25) is 0 Å². The third-order valence-electron chi connectivity index (χ3n) is 6.39. The Morgan fingerprint density at radius 2 is 1.91 bits per heavy atom. The highest BCUT2D eigenvalue weighted by Crippen LogP contribution is 2.33. The molecule has 0 bridgehead atoms. The van der Waals surface area contributed by atoms with Crippen molar-refractivity contribution in [1.29, 1.82) is 0 Å². The van der Waals surface area contributed by atoms with Crippen LogP contribution in [0.15, 0.2) is 48.7 Å². The van der Waals surface area contributed by atoms with E-state index in [4.69, 9.17) is 9.72 Å². The molecule has 0 fully saturated rings. The first kappa shape index (κ1) is 22.2. The average Bonchev–Trinajstić information content (AvgIpc) is 3.30. The average molecular weight is 461 g/mol. The lowest BCUT2D eigenvalue weighted by atomic mass is 9.92. The molecular formula is C27H29FN4O2. The van der Waals surface area contributed by atoms with Crippen LogP contribution < -0.4 is 15.4 Å². The van der Waals surface area contributed by atoms with Crippen molar-refractivity contribution in [1.82, 2.24) is 15.3 Å². The Kier molecular flexibility index (Phi) is 6.60. The fraction of sp³-hybridized carbons (Fsp3) is 0.333. The summed E-state index contributed by atoms with van der Waals surface area (Å²) in [5, 5.41) is 8.49. The van der Waals surface area contributed by atoms with E-state index < -0.39 is 6.09 Å². The van der Waals surface area contributed by atoms with Crippen LogP contribution in [0.5, 0.6) is 5.75 Å². The molecule has 7 heteroatoms. The van der Waals surface area contributed by atoms with E-state index in [1.165, 1.54) is 17.7 Å². The molecule has 34 heavy (non-hydrogen) atoms. The number of halogens is 1. The standard InChI is InChI=1S/C27H29FN4O2/c28-19-9-11-22-25(16-19)32-23-7-3-2-6-21(23)26(22)30-13-4-1-5-14-31-27(33)34-20-10-8-18-12-15-29-24(18)17-20/h8-12,15-17,29H,1-7,13-14H2,(H,30,32)(H,31,33). The first-order valence-electron chi connectivity index (χ1n) is 12.0. The maximum absolute atomic E-state index is 13.8. The molecule has 1 aliphatic carbocycles. The van der Waals surface area contributed by atoms with Crippen molar-refractivity contribution in [2.45, 2.75) is 44.9 Å². The molecule has 2 aromatic heterocycles. The molecule has 0 radical (unpaired) electrons. The molecule has 1 aliphatic rings. The summed E-state index contributed by atoms with van der Waals surface area (Å²) in [7, 11) is 0. The minimum absolute atomic E-state index is 0.252. The summed E-state index contributed by atoms with van der Waals surface area (Å²) in [6, 6.07) is 12.4. The van der Waals surface area contributed by atoms with Gasteiger partial charge in [-0.2, -0.15) is 0 Å². The van der Waals surface area contributed by atoms with E-state index >= 15 is 0 Å². The molecule has 6 nitrogen and oxygen atoms in total. The van der Waals surface area contributed by atoms with Crippen molar-refractivity contribution in [2.24, 2.45) is 0 Å². The molecular weight excluding hydrogens is 431 g/mol. The summed E-state index contributed by atoms with van der Waals surface area (Å²) in [6.45, 7) is 1.39. The zero-order valence-electron chi connectivity index (χ0n) is 19.1. The number of hydrogen-bond donors (Lipinski definition) is 3. The lowest BCUT2D eigenvalue weighted by Gasteiger charge is -2.21. The van der Waals surface area contributed by atoms with E-state index in [9.17, 15) is 9.18 Å². The number of nitrogens with one attached hydrogen (secondary N) is 3. The minimum Gasteiger partial charge on any atom is -0.410 e. The van der Waals surface area contributed by atoms with E-state index in [-0.39, 0.29) is 5.82 Å². The molecule has 0 spiro atoms. The number of aromatic nitrogens is 2. The zero-order valence-corrected chi connectivity index (χ0v) is 19.1. The van der Waals surface area contributed by atoms with Crippen molar-refractivity contribution >= 4 is 33.6 Å². The van der Waals surface area contributed by atoms with E-state index in [0.717, 1.165) is 84.7 Å². The molecule has 0 unspecified atom stereocenters. The van der Waals surface area contributed by atoms with Crippen molar-refractivity contribution in [2.75, 3.05) is 18.4 Å². The van der Waals surface area contributed by atoms with Crippen LogP contribution in [0.1, 0.15) is 43.4 Å². The van der Waals surface area contributed by atoms with E-state index in [0.29, 0.717) is 12.3 Å². The monoisotopic (exact) mass is 460 g/mol. The molecule has 1 amide bonds. The number of fused-ring (bicyclic) bond motifs is 3. The normalized spacial score (nSPS) is 13.1. The van der Waals surface area contributed by atoms with Crippen LogP contribution in [0.25, 0.3) is 21.8 Å². The third kappa shape index (κ3) is 4.98. The number of carbonyl (C=O) groups is 1. The van der Waals surface area contributed by atoms with Crippen molar-refractivity contribution in [3.05, 3.63) is 65.7 Å². The number of carbonyl (C=O) groups excluding carboxylic acids is 1. The molecule has 0 aliphatic heterocycles. The van der Waals surface area contributed by atoms with Crippen LogP contribution >= 0.6 is 0 Å². The van der Waals surface area contributed by atoms with Gasteiger partial charge in [0.15, 0.2) is 0 Å². The van der Waals surface area contributed by atoms with Crippen LogP contribution in [0.4, 0.5) is 14.9 Å². The summed E-state index contributed by atoms with van der Waals surface area (Å²) in [6.07, 6.45) is 8.50. The lowest BCUT2D eigenvalue weighted by molar-refractivity contribution is 0.200. The van der Waals surface area contributed by atoms with Gasteiger partial charge in [-0.05, 0) is 86.2 Å². The molecule has 176 valence electrons. The van der Waals surface area contributed by atoms with Gasteiger partial charge in [0.2, 0.25) is 0 Å². The molecule has 0 atom stereocenters. The van der Waals surface area contributed by atoms with Crippen molar-refractivity contribution in [3.63, 3.8) is 0 Å². The highest BCUT2D eigenvalue weighted by molar-refractivity contribution is 5.93. The van der Waals surface area contributed by atoms with Gasteiger partial charge >= 0.3 is 6.09 Å². The summed E-state index contributed by atoms with van der Waals surface area (Å²) < 4.78 is 19.1. The fourth-order valence-electron chi connectivity index (χ4n) is 4.66. The van der Waals surface area contributed by atoms with Gasteiger partial charge in [-0.25, -0.2) is 9.18 Å². The number of H-pyrrole nitrogens is 1. The maximum Gasteiger partial charge on any atom is 0.412 e. The highest BCUT2D eigenvalue weighted by Gasteiger charge is 2.18. The summed E-state index contributed by atoms with van der Waals surface area (Å²) in [5.74, 6) is 0.266. The SMILES string of the molecule is O=C(NCCCCCNc1c2c(nc3cc(F)ccc13)CCCC2)Oc1ccc2cc[nH]c2c1. The fourth-order valence-corrected chi connectivity index (χ4v) is 4.66. The molecule has 2 aromatic carbocycles. The van der Waals surface area contributed by atoms with E-state index in [1.54, 1.807) is 6.07 Å². The first-order valence-corrected chi connectivity index (χ1v) is 12.0. The Labute approximate surface area is 197 Å². The van der Waals surface area contributed by atoms with Gasteiger partial charge in [0, 0.05) is 53.7 Å². The Morgan fingerprint density at radius 1 is 1.03 bits per heavy atom. The second-order valence-corrected chi connectivity index (χ2v) is 8.81. The van der Waals surface area contributed by atoms with Crippen molar-refractivity contribution in [3.8, 4) is 5.75 Å². The topological polar surface area (TPSA) is 79.0 Å². The van der Waals surface area contributed by atoms with Crippen LogP contribution in [-0.4, -0.2) is 29.2 Å². The number of amides is 1. The van der Waals surface area contributed by atoms with Gasteiger partial charge < -0.3 is 20.4 Å². The van der Waals surface area contributed by atoms with Gasteiger partial charge in [0.1, 0.15) is 11.6 Å². The van der Waals surface area contributed by atoms with E-state index in [2.05, 4.69) is 15.6 Å². The molecule has 5 rings (SSSR count). The van der Waals surface area contributed by atoms with Gasteiger partial charge in [-0.15, -0.1) is 0 Å². The minimum atomic E-state index is -0.439. The Bertz CT molecular complexity index is 1320. The highest BCUT2D eigenvalue weighted by atomic mass is 19.1. The maximum atomic E-state index is 13.8. The van der Waals surface area contributed by atoms with Gasteiger partial charge in [0.25, 0.3) is 0 Å². The number of hydrogen-bond acceptors (Lipinski definition) is 4. The Hall–Kier alpha value is -3.61. The molecule has 0 saturated heterocycles. The molecule has 0 saturated carbocycles. The third-order valence-corrected chi connectivity index (χ3v) is 6.39. The number of aromatic amines is 1. The number of anilines is 1. The number of rotatable bonds is 8. The predicted octanol–water partition coefficient (Wildman–Crippen LogP) is 6.10. The van der Waals surface area contributed by atoms with Gasteiger partial charge in [0.05, 0.1) is 5.52 Å². The Morgan fingerprint density at radius 3 is 2.85 bits per heavy atom. The number of pyridine rings is 1. The van der Waals surface area contributed by atoms with Crippen LogP contribution in [0.3, 0.4) is 0 Å². The number of nitrogens with zero attached hydrogens (tertiary/aromatic N) is 1. The quantitative estimate of drug-likeness (QED) is 0.277. The number of unbranched alkanes of at least 4 members (excludes halogenated alkanes) is 2. The van der Waals surface area contributed by atoms with Gasteiger partial charge in [-0.1, -0.05) is 0 Å². The summed E-state index contributed by atoms with van der Waals surface area (Å²) >= 11 is 0. The largest absolute Gasteiger partial charge is 0.412 e. The second-order valence-electron chi connectivity index (χ2n) is 8.81. The molecule has 2 heterocycles. The van der Waals surface area contributed by atoms with Gasteiger partial charge in [-0.3, -0.25) is 4.98 Å². The van der Waals surface area contributed by atoms with Crippen molar-refractivity contribution < 1.29 is 13.9 Å². The molecule has 3 N–H and O–H groups in total. The predicted molar refractivity (Wildman–Crippen MR) is 133 cm³/mol. The second kappa shape index (κ2) is 10.1. The van der Waals surface area contributed by atoms with E-state index in [1.807, 2.05) is 30.5 Å². The number of aryl methyl sites for hydroxylation is 1. The number of benzene rings is 2. The first-order chi connectivity index (χ1) is 16.7. The van der Waals surface area contributed by atoms with Crippen LogP contribution in [-0.2, 0) is 12.8 Å². The van der Waals surface area contributed by atoms with Crippen LogP contribution in [0, 0.1) is 5.82 Å². The zero-order chi connectivity index (χ0) is 23.3. The summed E-state index contributed by atoms with van der Waals surface area (Å²) in [5.41, 5.74) is 5.16.